The molecule has 3 rings (SSSR count). The van der Waals surface area contributed by atoms with Crippen molar-refractivity contribution in [3.05, 3.63) is 54.6 Å². The summed E-state index contributed by atoms with van der Waals surface area (Å²) in [5.41, 5.74) is 1.12. The van der Waals surface area contributed by atoms with Crippen LogP contribution in [0.4, 0.5) is 16.2 Å². The fourth-order valence-electron chi connectivity index (χ4n) is 2.45. The van der Waals surface area contributed by atoms with Crippen molar-refractivity contribution in [2.24, 2.45) is 0 Å². The van der Waals surface area contributed by atoms with Gasteiger partial charge in [-0.15, -0.1) is 0 Å². The number of amides is 3. The zero-order chi connectivity index (χ0) is 17.8. The van der Waals surface area contributed by atoms with Crippen molar-refractivity contribution in [1.29, 1.82) is 0 Å². The van der Waals surface area contributed by atoms with Gasteiger partial charge in [-0.25, -0.2) is 4.90 Å². The molecular formula is C18H16N2O4S. The second kappa shape index (κ2) is 7.40. The van der Waals surface area contributed by atoms with Crippen molar-refractivity contribution in [2.45, 2.75) is 11.7 Å². The molecule has 1 saturated heterocycles. The predicted molar refractivity (Wildman–Crippen MR) is 96.9 cm³/mol. The van der Waals surface area contributed by atoms with E-state index in [0.717, 1.165) is 16.7 Å². The number of hydrogen-bond acceptors (Lipinski definition) is 5. The number of methoxy groups -OCH3 is 1. The minimum absolute atomic E-state index is 0.0649. The molecule has 6 nitrogen and oxygen atoms in total. The van der Waals surface area contributed by atoms with Crippen LogP contribution in [0, 0.1) is 0 Å². The molecule has 1 N–H and O–H groups in total. The van der Waals surface area contributed by atoms with Gasteiger partial charge in [-0.2, -0.15) is 0 Å². The number of nitrogens with zero attached hydrogens (tertiary/aromatic N) is 1. The number of rotatable bonds is 5. The molecule has 0 bridgehead atoms. The van der Waals surface area contributed by atoms with Gasteiger partial charge >= 0.3 is 0 Å². The first kappa shape index (κ1) is 17.0. The molecule has 0 radical (unpaired) electrons. The fraction of sp³-hybridized carbons (Fsp3) is 0.167. The summed E-state index contributed by atoms with van der Waals surface area (Å²) in [6.45, 7) is 0. The topological polar surface area (TPSA) is 75.7 Å². The highest BCUT2D eigenvalue weighted by Crippen LogP contribution is 2.33. The van der Waals surface area contributed by atoms with E-state index < -0.39 is 5.25 Å². The lowest BCUT2D eigenvalue weighted by Crippen LogP contribution is -2.32. The van der Waals surface area contributed by atoms with Gasteiger partial charge in [0.1, 0.15) is 11.0 Å². The van der Waals surface area contributed by atoms with Gasteiger partial charge in [0, 0.05) is 12.1 Å². The molecule has 0 aromatic heterocycles. The summed E-state index contributed by atoms with van der Waals surface area (Å²) in [4.78, 5) is 37.9. The number of ether oxygens (including phenoxy) is 1. The summed E-state index contributed by atoms with van der Waals surface area (Å²) in [6.07, 6.45) is -0.0649. The Morgan fingerprint density at radius 2 is 1.80 bits per heavy atom. The number of carbonyl (C=O) groups is 3. The molecule has 0 saturated carbocycles. The summed E-state index contributed by atoms with van der Waals surface area (Å²) in [7, 11) is 1.56. The predicted octanol–water partition coefficient (Wildman–Crippen LogP) is 3.29. The van der Waals surface area contributed by atoms with Crippen molar-refractivity contribution < 1.29 is 19.1 Å². The Balaban J connectivity index is 1.63. The molecule has 1 heterocycles. The number of hydrogen-bond donors (Lipinski definition) is 1. The Labute approximate surface area is 149 Å². The van der Waals surface area contributed by atoms with Crippen molar-refractivity contribution in [3.63, 3.8) is 0 Å². The molecule has 2 aromatic carbocycles. The van der Waals surface area contributed by atoms with Gasteiger partial charge in [-0.1, -0.05) is 18.2 Å². The molecule has 0 aliphatic carbocycles. The largest absolute Gasteiger partial charge is 0.497 e. The maximum absolute atomic E-state index is 12.5. The fourth-order valence-corrected chi connectivity index (χ4v) is 3.44. The molecule has 0 spiro atoms. The van der Waals surface area contributed by atoms with Crippen molar-refractivity contribution in [2.75, 3.05) is 17.3 Å². The average Bonchev–Trinajstić information content (AvgIpc) is 2.89. The highest BCUT2D eigenvalue weighted by atomic mass is 32.2. The highest BCUT2D eigenvalue weighted by Gasteiger charge is 2.41. The van der Waals surface area contributed by atoms with Crippen LogP contribution in [0.5, 0.6) is 5.75 Å². The number of imide groups is 1. The van der Waals surface area contributed by atoms with Crippen LogP contribution in [0.25, 0.3) is 0 Å². The zero-order valence-corrected chi connectivity index (χ0v) is 14.3. The maximum atomic E-state index is 12.5. The minimum Gasteiger partial charge on any atom is -0.497 e. The van der Waals surface area contributed by atoms with Gasteiger partial charge in [0.15, 0.2) is 0 Å². The minimum atomic E-state index is -0.717. The lowest BCUT2D eigenvalue weighted by Gasteiger charge is -2.13. The van der Waals surface area contributed by atoms with E-state index in [1.807, 2.05) is 0 Å². The average molecular weight is 356 g/mol. The van der Waals surface area contributed by atoms with Crippen LogP contribution < -0.4 is 15.0 Å². The van der Waals surface area contributed by atoms with Crippen LogP contribution in [0.1, 0.15) is 6.42 Å². The van der Waals surface area contributed by atoms with Crippen molar-refractivity contribution in [1.82, 2.24) is 0 Å². The van der Waals surface area contributed by atoms with E-state index in [0.29, 0.717) is 17.1 Å². The standard InChI is InChI=1S/C18H16N2O4S/c1-24-14-9-7-12(8-10-14)19-16(21)11-15-17(22)20(18(23)25-15)13-5-3-2-4-6-13/h2-10,15H,11H2,1H3,(H,19,21)/t15-/m1/s1. The normalized spacial score (nSPS) is 16.8. The number of thioether (sulfide) groups is 1. The number of anilines is 2. The Kier molecular flexibility index (Phi) is 5.04. The van der Waals surface area contributed by atoms with E-state index >= 15 is 0 Å². The summed E-state index contributed by atoms with van der Waals surface area (Å²) >= 11 is 0.878. The third-order valence-corrected chi connectivity index (χ3v) is 4.72. The molecule has 25 heavy (non-hydrogen) atoms. The second-order valence-electron chi connectivity index (χ2n) is 5.36. The molecular weight excluding hydrogens is 340 g/mol. The molecule has 3 amide bonds. The van der Waals surface area contributed by atoms with E-state index in [1.54, 1.807) is 61.7 Å². The van der Waals surface area contributed by atoms with Crippen molar-refractivity contribution in [3.8, 4) is 5.75 Å². The maximum Gasteiger partial charge on any atom is 0.293 e. The number of benzene rings is 2. The second-order valence-corrected chi connectivity index (χ2v) is 6.52. The SMILES string of the molecule is COc1ccc(NC(=O)C[C@H]2SC(=O)N(c3ccccc3)C2=O)cc1. The van der Waals surface area contributed by atoms with Crippen LogP contribution in [0.3, 0.4) is 0 Å². The highest BCUT2D eigenvalue weighted by molar-refractivity contribution is 8.15. The summed E-state index contributed by atoms with van der Waals surface area (Å²) < 4.78 is 5.06. The Hall–Kier alpha value is -2.80. The summed E-state index contributed by atoms with van der Waals surface area (Å²) in [6, 6.07) is 15.6. The monoisotopic (exact) mass is 356 g/mol. The van der Waals surface area contributed by atoms with Crippen LogP contribution in [-0.4, -0.2) is 29.4 Å². The third-order valence-electron chi connectivity index (χ3n) is 3.68. The van der Waals surface area contributed by atoms with Crippen LogP contribution in [-0.2, 0) is 9.59 Å². The molecule has 128 valence electrons. The summed E-state index contributed by atoms with van der Waals surface area (Å²) in [5.74, 6) is -0.00608. The molecule has 7 heteroatoms. The van der Waals surface area contributed by atoms with Gasteiger partial charge in [-0.05, 0) is 48.2 Å². The van der Waals surface area contributed by atoms with E-state index in [-0.39, 0.29) is 23.5 Å². The van der Waals surface area contributed by atoms with Crippen LogP contribution in [0.15, 0.2) is 54.6 Å². The molecule has 1 aliphatic heterocycles. The molecule has 1 fully saturated rings. The van der Waals surface area contributed by atoms with E-state index in [9.17, 15) is 14.4 Å². The van der Waals surface area contributed by atoms with Crippen molar-refractivity contribution >= 4 is 40.2 Å². The van der Waals surface area contributed by atoms with Gasteiger partial charge in [0.25, 0.3) is 5.24 Å². The zero-order valence-electron chi connectivity index (χ0n) is 13.5. The van der Waals surface area contributed by atoms with Gasteiger partial charge in [-0.3, -0.25) is 14.4 Å². The van der Waals surface area contributed by atoms with Gasteiger partial charge in [0.05, 0.1) is 12.8 Å². The number of para-hydroxylation sites is 1. The van der Waals surface area contributed by atoms with E-state index in [4.69, 9.17) is 4.74 Å². The lowest BCUT2D eigenvalue weighted by molar-refractivity contribution is -0.121. The van der Waals surface area contributed by atoms with E-state index in [1.165, 1.54) is 0 Å². The molecule has 1 atom stereocenters. The molecule has 1 aliphatic rings. The lowest BCUT2D eigenvalue weighted by atomic mass is 10.2. The smallest absolute Gasteiger partial charge is 0.293 e. The Morgan fingerprint density at radius 1 is 1.12 bits per heavy atom. The number of carbonyl (C=O) groups excluding carboxylic acids is 3. The number of nitrogens with one attached hydrogen (secondary N) is 1. The van der Waals surface area contributed by atoms with Gasteiger partial charge < -0.3 is 10.1 Å². The van der Waals surface area contributed by atoms with Gasteiger partial charge in [0.2, 0.25) is 11.8 Å². The van der Waals surface area contributed by atoms with Crippen LogP contribution >= 0.6 is 11.8 Å². The summed E-state index contributed by atoms with van der Waals surface area (Å²) in [5, 5.41) is 1.64. The quantitative estimate of drug-likeness (QED) is 0.890. The van der Waals surface area contributed by atoms with E-state index in [2.05, 4.69) is 5.32 Å². The first-order chi connectivity index (χ1) is 12.1. The first-order valence-corrected chi connectivity index (χ1v) is 8.50. The molecule has 0 unspecified atom stereocenters. The Bertz CT molecular complexity index is 792. The first-order valence-electron chi connectivity index (χ1n) is 7.62. The molecule has 2 aromatic rings. The van der Waals surface area contributed by atoms with Crippen LogP contribution in [0.2, 0.25) is 0 Å². The third kappa shape index (κ3) is 3.83. The Morgan fingerprint density at radius 3 is 2.44 bits per heavy atom.